The third-order valence-corrected chi connectivity index (χ3v) is 2.69. The first-order valence-electron chi connectivity index (χ1n) is 4.12. The standard InChI is InChI=1S/C10H8ClFO/c11-9-2-1-6(4-10(9)12)8-3-7(8)5-13/h1-2,4-5,7-8H,3H2. The first-order valence-corrected chi connectivity index (χ1v) is 4.50. The van der Waals surface area contributed by atoms with Crippen molar-refractivity contribution in [1.82, 2.24) is 0 Å². The maximum atomic E-state index is 13.0. The number of rotatable bonds is 2. The van der Waals surface area contributed by atoms with Crippen LogP contribution in [0.4, 0.5) is 4.39 Å². The zero-order chi connectivity index (χ0) is 9.42. The summed E-state index contributed by atoms with van der Waals surface area (Å²) in [6, 6.07) is 4.72. The molecule has 0 spiro atoms. The van der Waals surface area contributed by atoms with Crippen LogP contribution in [0.25, 0.3) is 0 Å². The Labute approximate surface area is 80.5 Å². The van der Waals surface area contributed by atoms with Gasteiger partial charge in [-0.3, -0.25) is 0 Å². The van der Waals surface area contributed by atoms with E-state index in [-0.39, 0.29) is 16.9 Å². The number of halogens is 2. The Morgan fingerprint density at radius 1 is 1.54 bits per heavy atom. The van der Waals surface area contributed by atoms with E-state index in [0.29, 0.717) is 0 Å². The van der Waals surface area contributed by atoms with E-state index >= 15 is 0 Å². The van der Waals surface area contributed by atoms with Gasteiger partial charge in [0.2, 0.25) is 0 Å². The largest absolute Gasteiger partial charge is 0.303 e. The van der Waals surface area contributed by atoms with Crippen LogP contribution in [0.2, 0.25) is 5.02 Å². The van der Waals surface area contributed by atoms with Crippen LogP contribution >= 0.6 is 11.6 Å². The minimum atomic E-state index is -0.407. The number of benzene rings is 1. The van der Waals surface area contributed by atoms with Gasteiger partial charge in [-0.1, -0.05) is 17.7 Å². The molecule has 1 aromatic rings. The van der Waals surface area contributed by atoms with E-state index in [2.05, 4.69) is 0 Å². The summed E-state index contributed by atoms with van der Waals surface area (Å²) in [5.41, 5.74) is 0.874. The van der Waals surface area contributed by atoms with Crippen LogP contribution in [0.3, 0.4) is 0 Å². The molecule has 0 aromatic heterocycles. The Balaban J connectivity index is 2.23. The molecule has 0 heterocycles. The Morgan fingerprint density at radius 3 is 2.85 bits per heavy atom. The molecule has 1 aliphatic carbocycles. The van der Waals surface area contributed by atoms with Crippen molar-refractivity contribution >= 4 is 17.9 Å². The van der Waals surface area contributed by atoms with Crippen LogP contribution in [-0.4, -0.2) is 6.29 Å². The number of carbonyl (C=O) groups excluding carboxylic acids is 1. The van der Waals surface area contributed by atoms with Crippen LogP contribution < -0.4 is 0 Å². The fourth-order valence-electron chi connectivity index (χ4n) is 1.49. The summed E-state index contributed by atoms with van der Waals surface area (Å²) in [6.07, 6.45) is 1.77. The van der Waals surface area contributed by atoms with Crippen molar-refractivity contribution in [3.63, 3.8) is 0 Å². The van der Waals surface area contributed by atoms with E-state index < -0.39 is 5.82 Å². The van der Waals surface area contributed by atoms with Gasteiger partial charge in [0.25, 0.3) is 0 Å². The van der Waals surface area contributed by atoms with Crippen LogP contribution in [0, 0.1) is 11.7 Å². The van der Waals surface area contributed by atoms with Crippen LogP contribution in [0.5, 0.6) is 0 Å². The monoisotopic (exact) mass is 198 g/mol. The second kappa shape index (κ2) is 3.11. The molecule has 2 atom stereocenters. The molecule has 1 fully saturated rings. The summed E-state index contributed by atoms with van der Waals surface area (Å²) in [4.78, 5) is 10.4. The lowest BCUT2D eigenvalue weighted by atomic mass is 10.1. The number of hydrogen-bond donors (Lipinski definition) is 0. The predicted octanol–water partition coefficient (Wildman–Crippen LogP) is 2.78. The predicted molar refractivity (Wildman–Crippen MR) is 48.3 cm³/mol. The summed E-state index contributed by atoms with van der Waals surface area (Å²) < 4.78 is 13.0. The molecule has 0 aliphatic heterocycles. The van der Waals surface area contributed by atoms with Crippen molar-refractivity contribution < 1.29 is 9.18 Å². The van der Waals surface area contributed by atoms with Gasteiger partial charge in [-0.05, 0) is 30.0 Å². The van der Waals surface area contributed by atoms with Crippen molar-refractivity contribution in [2.24, 2.45) is 5.92 Å². The molecular weight excluding hydrogens is 191 g/mol. The van der Waals surface area contributed by atoms with E-state index in [9.17, 15) is 9.18 Å². The molecule has 0 radical (unpaired) electrons. The molecule has 3 heteroatoms. The molecule has 0 saturated heterocycles. The molecular formula is C10H8ClFO. The van der Waals surface area contributed by atoms with Crippen LogP contribution in [-0.2, 0) is 4.79 Å². The number of carbonyl (C=O) groups is 1. The van der Waals surface area contributed by atoms with Crippen LogP contribution in [0.1, 0.15) is 17.9 Å². The maximum Gasteiger partial charge on any atom is 0.142 e. The van der Waals surface area contributed by atoms with Crippen molar-refractivity contribution in [3.8, 4) is 0 Å². The Morgan fingerprint density at radius 2 is 2.31 bits per heavy atom. The van der Waals surface area contributed by atoms with Gasteiger partial charge in [0.15, 0.2) is 0 Å². The molecule has 1 aliphatic rings. The molecule has 2 rings (SSSR count). The SMILES string of the molecule is O=CC1CC1c1ccc(Cl)c(F)c1. The molecule has 0 N–H and O–H groups in total. The van der Waals surface area contributed by atoms with Gasteiger partial charge in [0.05, 0.1) is 5.02 Å². The Bertz CT molecular complexity index is 351. The second-order valence-corrected chi connectivity index (χ2v) is 3.72. The van der Waals surface area contributed by atoms with Gasteiger partial charge in [0, 0.05) is 5.92 Å². The third-order valence-electron chi connectivity index (χ3n) is 2.39. The molecule has 0 bridgehead atoms. The smallest absolute Gasteiger partial charge is 0.142 e. The lowest BCUT2D eigenvalue weighted by molar-refractivity contribution is -0.108. The molecule has 68 valence electrons. The van der Waals surface area contributed by atoms with E-state index in [4.69, 9.17) is 11.6 Å². The van der Waals surface area contributed by atoms with Gasteiger partial charge >= 0.3 is 0 Å². The Hall–Kier alpha value is -0.890. The highest BCUT2D eigenvalue weighted by Gasteiger charge is 2.38. The molecule has 13 heavy (non-hydrogen) atoms. The molecule has 1 saturated carbocycles. The topological polar surface area (TPSA) is 17.1 Å². The van der Waals surface area contributed by atoms with Gasteiger partial charge in [-0.25, -0.2) is 4.39 Å². The highest BCUT2D eigenvalue weighted by molar-refractivity contribution is 6.30. The van der Waals surface area contributed by atoms with Gasteiger partial charge in [-0.2, -0.15) is 0 Å². The first-order chi connectivity index (χ1) is 6.22. The molecule has 1 aromatic carbocycles. The summed E-state index contributed by atoms with van der Waals surface area (Å²) in [5, 5.41) is 0.132. The average Bonchev–Trinajstić information content (AvgIpc) is 2.88. The van der Waals surface area contributed by atoms with E-state index in [1.165, 1.54) is 12.1 Å². The minimum Gasteiger partial charge on any atom is -0.303 e. The van der Waals surface area contributed by atoms with Gasteiger partial charge in [-0.15, -0.1) is 0 Å². The lowest BCUT2D eigenvalue weighted by Crippen LogP contribution is -1.86. The fourth-order valence-corrected chi connectivity index (χ4v) is 1.61. The number of aldehydes is 1. The number of hydrogen-bond acceptors (Lipinski definition) is 1. The third kappa shape index (κ3) is 1.59. The quantitative estimate of drug-likeness (QED) is 0.668. The van der Waals surface area contributed by atoms with E-state index in [0.717, 1.165) is 18.3 Å². The Kier molecular flexibility index (Phi) is 2.08. The van der Waals surface area contributed by atoms with Gasteiger partial charge < -0.3 is 4.79 Å². The minimum absolute atomic E-state index is 0.0839. The summed E-state index contributed by atoms with van der Waals surface area (Å²) in [7, 11) is 0. The van der Waals surface area contributed by atoms with Gasteiger partial charge in [0.1, 0.15) is 12.1 Å². The van der Waals surface area contributed by atoms with Crippen molar-refractivity contribution in [1.29, 1.82) is 0 Å². The summed E-state index contributed by atoms with van der Waals surface area (Å²) >= 11 is 5.53. The zero-order valence-electron chi connectivity index (χ0n) is 6.84. The molecule has 0 amide bonds. The van der Waals surface area contributed by atoms with Crippen LogP contribution in [0.15, 0.2) is 18.2 Å². The fraction of sp³-hybridized carbons (Fsp3) is 0.300. The van der Waals surface area contributed by atoms with Crippen molar-refractivity contribution in [2.75, 3.05) is 0 Å². The second-order valence-electron chi connectivity index (χ2n) is 3.32. The first kappa shape index (κ1) is 8.70. The van der Waals surface area contributed by atoms with E-state index in [1.807, 2.05) is 0 Å². The molecule has 1 nitrogen and oxygen atoms in total. The van der Waals surface area contributed by atoms with Crippen molar-refractivity contribution in [2.45, 2.75) is 12.3 Å². The zero-order valence-corrected chi connectivity index (χ0v) is 7.59. The highest BCUT2D eigenvalue weighted by Crippen LogP contribution is 2.46. The van der Waals surface area contributed by atoms with E-state index in [1.54, 1.807) is 6.07 Å². The molecule has 2 unspecified atom stereocenters. The van der Waals surface area contributed by atoms with Crippen molar-refractivity contribution in [3.05, 3.63) is 34.6 Å². The lowest BCUT2D eigenvalue weighted by Gasteiger charge is -1.99. The normalized spacial score (nSPS) is 25.7. The summed E-state index contributed by atoms with van der Waals surface area (Å²) in [5.74, 6) is -0.111. The maximum absolute atomic E-state index is 13.0. The summed E-state index contributed by atoms with van der Waals surface area (Å²) in [6.45, 7) is 0. The average molecular weight is 199 g/mol. The highest BCUT2D eigenvalue weighted by atomic mass is 35.5.